The number of likely N-dealkylation sites (N-methyl/N-ethyl adjacent to an activating group) is 1. The second-order valence-electron chi connectivity index (χ2n) is 8.60. The van der Waals surface area contributed by atoms with Crippen molar-refractivity contribution in [1.82, 2.24) is 10.2 Å². The van der Waals surface area contributed by atoms with E-state index >= 15 is 0 Å². The van der Waals surface area contributed by atoms with Gasteiger partial charge < -0.3 is 10.2 Å². The Morgan fingerprint density at radius 3 is 2.17 bits per heavy atom. The van der Waals surface area contributed by atoms with E-state index < -0.39 is 34.3 Å². The van der Waals surface area contributed by atoms with Crippen molar-refractivity contribution in [2.45, 2.75) is 38.3 Å². The summed E-state index contributed by atoms with van der Waals surface area (Å²) in [4.78, 5) is 27.5. The number of carbonyl (C=O) groups excluding carboxylic acids is 2. The summed E-state index contributed by atoms with van der Waals surface area (Å²) in [5.41, 5.74) is 2.80. The maximum atomic E-state index is 13.6. The number of hydrogen-bond donors (Lipinski definition) is 1. The molecule has 3 rings (SSSR count). The van der Waals surface area contributed by atoms with Gasteiger partial charge in [-0.1, -0.05) is 47.5 Å². The lowest BCUT2D eigenvalue weighted by Gasteiger charge is -2.31. The van der Waals surface area contributed by atoms with Gasteiger partial charge in [0.05, 0.1) is 10.6 Å². The third-order valence-corrected chi connectivity index (χ3v) is 7.64. The molecule has 0 saturated heterocycles. The van der Waals surface area contributed by atoms with Crippen molar-refractivity contribution < 1.29 is 22.4 Å². The van der Waals surface area contributed by atoms with Gasteiger partial charge >= 0.3 is 0 Å². The van der Waals surface area contributed by atoms with Crippen LogP contribution < -0.4 is 9.62 Å². The molecule has 0 fully saturated rings. The molecule has 0 saturated carbocycles. The van der Waals surface area contributed by atoms with Gasteiger partial charge in [-0.3, -0.25) is 13.9 Å². The number of carbonyl (C=O) groups is 2. The first-order valence-corrected chi connectivity index (χ1v) is 12.9. The van der Waals surface area contributed by atoms with E-state index in [9.17, 15) is 22.4 Å². The van der Waals surface area contributed by atoms with Gasteiger partial charge in [0.25, 0.3) is 10.0 Å². The fraction of sp³-hybridized carbons (Fsp3) is 0.259. The normalized spacial score (nSPS) is 12.0. The first-order valence-electron chi connectivity index (χ1n) is 11.4. The highest BCUT2D eigenvalue weighted by molar-refractivity contribution is 7.92. The summed E-state index contributed by atoms with van der Waals surface area (Å²) in [6.07, 6.45) is 0. The lowest BCUT2D eigenvalue weighted by atomic mass is 10.1. The molecule has 2 amide bonds. The maximum absolute atomic E-state index is 13.6. The number of rotatable bonds is 9. The maximum Gasteiger partial charge on any atom is 0.264 e. The fourth-order valence-corrected chi connectivity index (χ4v) is 5.19. The molecule has 0 spiro atoms. The molecule has 0 heterocycles. The van der Waals surface area contributed by atoms with Crippen molar-refractivity contribution in [2.24, 2.45) is 0 Å². The van der Waals surface area contributed by atoms with Gasteiger partial charge in [0.1, 0.15) is 18.4 Å². The summed E-state index contributed by atoms with van der Waals surface area (Å²) in [7, 11) is -2.71. The summed E-state index contributed by atoms with van der Waals surface area (Å²) in [5.74, 6) is -1.49. The van der Waals surface area contributed by atoms with Crippen LogP contribution >= 0.6 is 0 Å². The van der Waals surface area contributed by atoms with Crippen LogP contribution in [0.4, 0.5) is 10.1 Å². The van der Waals surface area contributed by atoms with Crippen LogP contribution in [0.15, 0.2) is 77.7 Å². The molecule has 7 nitrogen and oxygen atoms in total. The Hall–Kier alpha value is -3.72. The zero-order chi connectivity index (χ0) is 26.5. The first kappa shape index (κ1) is 26.9. The Balaban J connectivity index is 2.02. The average molecular weight is 512 g/mol. The number of nitrogens with zero attached hydrogens (tertiary/aromatic N) is 2. The SMILES string of the molecule is CNC(=O)[C@H](C)N(Cc1cccc(C)c1)C(=O)CN(c1ccc(F)cc1)S(=O)(=O)c1ccc(C)cc1. The molecule has 0 aliphatic rings. The minimum Gasteiger partial charge on any atom is -0.357 e. The van der Waals surface area contributed by atoms with E-state index in [0.717, 1.165) is 33.1 Å². The number of anilines is 1. The summed E-state index contributed by atoms with van der Waals surface area (Å²) >= 11 is 0. The Kier molecular flexibility index (Phi) is 8.47. The summed E-state index contributed by atoms with van der Waals surface area (Å²) < 4.78 is 41.8. The zero-order valence-corrected chi connectivity index (χ0v) is 21.5. The lowest BCUT2D eigenvalue weighted by molar-refractivity contribution is -0.139. The number of benzene rings is 3. The number of sulfonamides is 1. The van der Waals surface area contributed by atoms with Crippen molar-refractivity contribution in [3.8, 4) is 0 Å². The highest BCUT2D eigenvalue weighted by atomic mass is 32.2. The van der Waals surface area contributed by atoms with Crippen molar-refractivity contribution in [3.05, 3.63) is 95.3 Å². The largest absolute Gasteiger partial charge is 0.357 e. The second-order valence-corrected chi connectivity index (χ2v) is 10.5. The minimum absolute atomic E-state index is 0.00481. The van der Waals surface area contributed by atoms with E-state index in [1.165, 1.54) is 36.2 Å². The molecule has 0 aromatic heterocycles. The van der Waals surface area contributed by atoms with Crippen LogP contribution in [0.2, 0.25) is 0 Å². The van der Waals surface area contributed by atoms with Gasteiger partial charge in [-0.25, -0.2) is 12.8 Å². The van der Waals surface area contributed by atoms with Crippen LogP contribution in [0.5, 0.6) is 0 Å². The molecule has 0 bridgehead atoms. The smallest absolute Gasteiger partial charge is 0.264 e. The minimum atomic E-state index is -4.18. The van der Waals surface area contributed by atoms with Gasteiger partial charge in [-0.2, -0.15) is 0 Å². The Morgan fingerprint density at radius 1 is 0.944 bits per heavy atom. The monoisotopic (exact) mass is 511 g/mol. The third-order valence-electron chi connectivity index (χ3n) is 5.85. The number of aryl methyl sites for hydroxylation is 2. The molecule has 1 atom stereocenters. The van der Waals surface area contributed by atoms with E-state index in [4.69, 9.17) is 0 Å². The van der Waals surface area contributed by atoms with Crippen LogP contribution in [0.1, 0.15) is 23.6 Å². The molecule has 3 aromatic rings. The van der Waals surface area contributed by atoms with Crippen molar-refractivity contribution in [2.75, 3.05) is 17.9 Å². The lowest BCUT2D eigenvalue weighted by Crippen LogP contribution is -2.50. The predicted octanol–water partition coefficient (Wildman–Crippen LogP) is 3.80. The number of halogens is 1. The molecular weight excluding hydrogens is 481 g/mol. The van der Waals surface area contributed by atoms with Crippen LogP contribution in [0, 0.1) is 19.7 Å². The molecule has 0 radical (unpaired) electrons. The molecule has 36 heavy (non-hydrogen) atoms. The van der Waals surface area contributed by atoms with E-state index in [1.54, 1.807) is 19.1 Å². The van der Waals surface area contributed by atoms with Gasteiger partial charge in [0.15, 0.2) is 0 Å². The summed E-state index contributed by atoms with van der Waals surface area (Å²) in [5, 5.41) is 2.54. The molecule has 190 valence electrons. The quantitative estimate of drug-likeness (QED) is 0.474. The summed E-state index contributed by atoms with van der Waals surface area (Å²) in [6, 6.07) is 17.8. The van der Waals surface area contributed by atoms with Gasteiger partial charge in [-0.15, -0.1) is 0 Å². The number of hydrogen-bond acceptors (Lipinski definition) is 4. The molecule has 0 aliphatic heterocycles. The average Bonchev–Trinajstić information content (AvgIpc) is 2.85. The highest BCUT2D eigenvalue weighted by Gasteiger charge is 2.32. The Bertz CT molecular complexity index is 1330. The van der Waals surface area contributed by atoms with Gasteiger partial charge in [-0.05, 0) is 62.7 Å². The number of amides is 2. The van der Waals surface area contributed by atoms with E-state index in [0.29, 0.717) is 0 Å². The van der Waals surface area contributed by atoms with Crippen LogP contribution in [-0.4, -0.2) is 44.8 Å². The standard InChI is InChI=1S/C27H30FN3O4S/c1-19-8-14-25(15-9-19)36(34,35)31(24-12-10-23(28)11-13-24)18-26(32)30(21(3)27(33)29-4)17-22-7-5-6-20(2)16-22/h5-16,21H,17-18H2,1-4H3,(H,29,33)/t21-/m0/s1. The first-order chi connectivity index (χ1) is 17.0. The van der Waals surface area contributed by atoms with Gasteiger partial charge in [0, 0.05) is 13.6 Å². The third kappa shape index (κ3) is 6.28. The predicted molar refractivity (Wildman–Crippen MR) is 137 cm³/mol. The highest BCUT2D eigenvalue weighted by Crippen LogP contribution is 2.25. The van der Waals surface area contributed by atoms with Crippen molar-refractivity contribution in [1.29, 1.82) is 0 Å². The van der Waals surface area contributed by atoms with Crippen molar-refractivity contribution in [3.63, 3.8) is 0 Å². The zero-order valence-electron chi connectivity index (χ0n) is 20.7. The topological polar surface area (TPSA) is 86.8 Å². The van der Waals surface area contributed by atoms with E-state index in [2.05, 4.69) is 5.32 Å². The molecular formula is C27H30FN3O4S. The van der Waals surface area contributed by atoms with E-state index in [-0.39, 0.29) is 23.0 Å². The summed E-state index contributed by atoms with van der Waals surface area (Å²) in [6.45, 7) is 4.87. The van der Waals surface area contributed by atoms with Crippen LogP contribution in [0.25, 0.3) is 0 Å². The molecule has 0 unspecified atom stereocenters. The van der Waals surface area contributed by atoms with Crippen LogP contribution in [-0.2, 0) is 26.2 Å². The van der Waals surface area contributed by atoms with E-state index in [1.807, 2.05) is 38.1 Å². The molecule has 9 heteroatoms. The van der Waals surface area contributed by atoms with Gasteiger partial charge in [0.2, 0.25) is 11.8 Å². The van der Waals surface area contributed by atoms with Crippen molar-refractivity contribution >= 4 is 27.5 Å². The Morgan fingerprint density at radius 2 is 1.58 bits per heavy atom. The number of nitrogens with one attached hydrogen (secondary N) is 1. The second kappa shape index (κ2) is 11.3. The molecule has 1 N–H and O–H groups in total. The fourth-order valence-electron chi connectivity index (χ4n) is 3.77. The molecule has 0 aliphatic carbocycles. The Labute approximate surface area is 211 Å². The van der Waals surface area contributed by atoms with Crippen LogP contribution in [0.3, 0.4) is 0 Å². The molecule has 3 aromatic carbocycles.